The summed E-state index contributed by atoms with van der Waals surface area (Å²) in [6, 6.07) is 10.3. The van der Waals surface area contributed by atoms with Crippen LogP contribution in [0.1, 0.15) is 110 Å². The van der Waals surface area contributed by atoms with E-state index in [2.05, 4.69) is 44.7 Å². The molecule has 5 aliphatic carbocycles. The van der Waals surface area contributed by atoms with Crippen molar-refractivity contribution < 1.29 is 34.3 Å². The molecule has 5 fully saturated rings. The minimum absolute atomic E-state index is 0.0127. The Hall–Kier alpha value is -2.05. The number of fused-ring (bicyclic) bond motifs is 2. The third-order valence-electron chi connectivity index (χ3n) is 16.0. The van der Waals surface area contributed by atoms with Crippen molar-refractivity contribution in [3.63, 3.8) is 0 Å². The number of hydrogen-bond acceptors (Lipinski definition) is 7. The highest BCUT2D eigenvalue weighted by molar-refractivity contribution is 5.95. The number of benzene rings is 1. The molecule has 1 aromatic carbocycles. The second-order valence-corrected chi connectivity index (χ2v) is 18.3. The second kappa shape index (κ2) is 13.4. The quantitative estimate of drug-likeness (QED) is 0.296. The predicted molar refractivity (Wildman–Crippen MR) is 194 cm³/mol. The molecular weight excluding hydrogens is 640 g/mol. The highest BCUT2D eigenvalue weighted by Crippen LogP contribution is 2.70. The van der Waals surface area contributed by atoms with Crippen LogP contribution in [0.2, 0.25) is 0 Å². The van der Waals surface area contributed by atoms with Crippen LogP contribution in [-0.2, 0) is 19.0 Å². The molecule has 6 bridgehead atoms. The van der Waals surface area contributed by atoms with Gasteiger partial charge in [0.25, 0.3) is 0 Å². The summed E-state index contributed by atoms with van der Waals surface area (Å²) in [4.78, 5) is 14.3. The van der Waals surface area contributed by atoms with Gasteiger partial charge in [0.2, 0.25) is 0 Å². The molecule has 14 unspecified atom stereocenters. The fraction of sp³-hybridized carbons (Fsp3) is 0.750. The molecular formula is C44H60O7. The molecule has 0 aromatic heterocycles. The van der Waals surface area contributed by atoms with Crippen LogP contribution < -0.4 is 0 Å². The van der Waals surface area contributed by atoms with E-state index in [0.29, 0.717) is 25.4 Å². The smallest absolute Gasteiger partial charge is 0.159 e. The maximum absolute atomic E-state index is 14.3. The van der Waals surface area contributed by atoms with Gasteiger partial charge in [-0.15, -0.1) is 0 Å². The number of aliphatic hydroxyl groups is 3. The van der Waals surface area contributed by atoms with Gasteiger partial charge < -0.3 is 29.5 Å². The lowest BCUT2D eigenvalue weighted by atomic mass is 9.45. The summed E-state index contributed by atoms with van der Waals surface area (Å²) in [5, 5.41) is 35.3. The summed E-state index contributed by atoms with van der Waals surface area (Å²) in [5.74, 6) is 7.43. The molecule has 1 aromatic rings. The van der Waals surface area contributed by atoms with Crippen LogP contribution in [0, 0.1) is 58.2 Å². The van der Waals surface area contributed by atoms with Crippen LogP contribution in [0.5, 0.6) is 0 Å². The van der Waals surface area contributed by atoms with E-state index in [1.54, 1.807) is 6.92 Å². The highest BCUT2D eigenvalue weighted by atomic mass is 16.5. The molecule has 0 radical (unpaired) electrons. The molecule has 0 amide bonds. The van der Waals surface area contributed by atoms with Crippen molar-refractivity contribution in [3.05, 3.63) is 47.5 Å². The first kappa shape index (κ1) is 36.0. The molecule has 4 heterocycles. The summed E-state index contributed by atoms with van der Waals surface area (Å²) >= 11 is 0. The van der Waals surface area contributed by atoms with Crippen LogP contribution in [0.15, 0.2) is 42.0 Å². The first-order valence-corrected chi connectivity index (χ1v) is 20.2. The SMILES string of the molecule is CC1C(C(O)C(C)(O)C2CCC34OCC#CC(c5ccccc5)COC5CCC6(C)C(C5)C(=O)C=C3C6CCC24C)OC(CO)C1C1CCCC1. The van der Waals surface area contributed by atoms with Crippen molar-refractivity contribution in [1.29, 1.82) is 0 Å². The fourth-order valence-electron chi connectivity index (χ4n) is 13.3. The molecule has 4 saturated carbocycles. The number of carbonyl (C=O) groups excluding carboxylic acids is 1. The largest absolute Gasteiger partial charge is 0.394 e. The average molecular weight is 701 g/mol. The molecule has 14 atom stereocenters. The van der Waals surface area contributed by atoms with Gasteiger partial charge in [0.15, 0.2) is 5.78 Å². The standard InChI is InChI=1S/C44H60O7/c1-27-38(29-13-8-9-14-29)36(25-45)51-39(27)40(47)43(4,48)37-18-21-44-33-24-35(46)34-23-31(16-19-41(34,2)32(33)17-20-42(37,44)3)49-26-30(15-10-22-50-44)28-11-6-5-7-12-28/h5-7,11-12,24,27,29-32,34,36-40,45,47-48H,8-9,13-14,16-23,25-26H2,1-4H3. The summed E-state index contributed by atoms with van der Waals surface area (Å²) in [6.45, 7) is 9.14. The van der Waals surface area contributed by atoms with Gasteiger partial charge >= 0.3 is 0 Å². The molecule has 9 aliphatic rings. The summed E-state index contributed by atoms with van der Waals surface area (Å²) in [6.07, 6.45) is 10.2. The Kier molecular flexibility index (Phi) is 9.42. The Bertz CT molecular complexity index is 1550. The topological polar surface area (TPSA) is 105 Å². The zero-order chi connectivity index (χ0) is 35.8. The number of carbonyl (C=O) groups is 1. The summed E-state index contributed by atoms with van der Waals surface area (Å²) in [7, 11) is 0. The molecule has 1 spiro atoms. The monoisotopic (exact) mass is 700 g/mol. The fourth-order valence-corrected chi connectivity index (χ4v) is 13.3. The van der Waals surface area contributed by atoms with Gasteiger partial charge in [0.1, 0.15) is 12.7 Å². The lowest BCUT2D eigenvalue weighted by molar-refractivity contribution is -0.204. The van der Waals surface area contributed by atoms with E-state index in [1.807, 2.05) is 24.3 Å². The molecule has 10 rings (SSSR count). The van der Waals surface area contributed by atoms with E-state index < -0.39 is 28.8 Å². The number of ether oxygens (including phenoxy) is 3. The van der Waals surface area contributed by atoms with Crippen LogP contribution in [-0.4, -0.2) is 76.5 Å². The van der Waals surface area contributed by atoms with Crippen molar-refractivity contribution in [2.75, 3.05) is 19.8 Å². The normalized spacial score (nSPS) is 45.7. The Morgan fingerprint density at radius 3 is 2.53 bits per heavy atom. The number of aliphatic hydroxyl groups excluding tert-OH is 2. The van der Waals surface area contributed by atoms with Gasteiger partial charge in [0.05, 0.1) is 48.6 Å². The van der Waals surface area contributed by atoms with Gasteiger partial charge in [-0.3, -0.25) is 4.79 Å². The van der Waals surface area contributed by atoms with Gasteiger partial charge in [-0.1, -0.05) is 88.6 Å². The Morgan fingerprint density at radius 1 is 1.02 bits per heavy atom. The van der Waals surface area contributed by atoms with E-state index >= 15 is 0 Å². The highest BCUT2D eigenvalue weighted by Gasteiger charge is 2.70. The van der Waals surface area contributed by atoms with Gasteiger partial charge in [-0.2, -0.15) is 0 Å². The molecule has 1 saturated heterocycles. The maximum atomic E-state index is 14.3. The van der Waals surface area contributed by atoms with Crippen molar-refractivity contribution in [2.24, 2.45) is 46.3 Å². The van der Waals surface area contributed by atoms with Crippen LogP contribution in [0.4, 0.5) is 0 Å². The van der Waals surface area contributed by atoms with Crippen LogP contribution in [0.3, 0.4) is 0 Å². The van der Waals surface area contributed by atoms with Crippen LogP contribution >= 0.6 is 0 Å². The number of hydrogen-bond donors (Lipinski definition) is 3. The zero-order valence-corrected chi connectivity index (χ0v) is 31.2. The van der Waals surface area contributed by atoms with Crippen molar-refractivity contribution in [2.45, 2.75) is 140 Å². The lowest BCUT2D eigenvalue weighted by Crippen LogP contribution is -2.64. The summed E-state index contributed by atoms with van der Waals surface area (Å²) in [5.41, 5.74) is -0.795. The van der Waals surface area contributed by atoms with Crippen molar-refractivity contribution in [1.82, 2.24) is 0 Å². The summed E-state index contributed by atoms with van der Waals surface area (Å²) < 4.78 is 20.2. The molecule has 3 N–H and O–H groups in total. The first-order chi connectivity index (χ1) is 24.4. The van der Waals surface area contributed by atoms with Gasteiger partial charge in [0, 0.05) is 11.3 Å². The van der Waals surface area contributed by atoms with Crippen molar-refractivity contribution >= 4 is 5.78 Å². The van der Waals surface area contributed by atoms with Crippen LogP contribution in [0.25, 0.3) is 0 Å². The Morgan fingerprint density at radius 2 is 1.78 bits per heavy atom. The Balaban J connectivity index is 1.15. The number of rotatable bonds is 6. The number of allylic oxidation sites excluding steroid dienone is 1. The van der Waals surface area contributed by atoms with E-state index in [0.717, 1.165) is 56.1 Å². The van der Waals surface area contributed by atoms with Gasteiger partial charge in [-0.05, 0) is 104 Å². The average Bonchev–Trinajstić information content (AvgIpc) is 3.84. The van der Waals surface area contributed by atoms with E-state index in [1.165, 1.54) is 12.8 Å². The molecule has 4 aliphatic heterocycles. The molecule has 51 heavy (non-hydrogen) atoms. The Labute approximate surface area is 304 Å². The molecule has 278 valence electrons. The molecule has 7 heteroatoms. The van der Waals surface area contributed by atoms with E-state index in [4.69, 9.17) is 14.2 Å². The van der Waals surface area contributed by atoms with E-state index in [-0.39, 0.29) is 72.1 Å². The minimum Gasteiger partial charge on any atom is -0.394 e. The maximum Gasteiger partial charge on any atom is 0.159 e. The third kappa shape index (κ3) is 5.56. The lowest BCUT2D eigenvalue weighted by Gasteiger charge is -2.61. The predicted octanol–water partition coefficient (Wildman–Crippen LogP) is 6.38. The number of ketones is 1. The zero-order valence-electron chi connectivity index (χ0n) is 31.2. The molecule has 7 nitrogen and oxygen atoms in total. The van der Waals surface area contributed by atoms with Gasteiger partial charge in [-0.25, -0.2) is 0 Å². The van der Waals surface area contributed by atoms with Crippen molar-refractivity contribution in [3.8, 4) is 11.8 Å². The second-order valence-electron chi connectivity index (χ2n) is 18.3. The third-order valence-corrected chi connectivity index (χ3v) is 16.0. The first-order valence-electron chi connectivity index (χ1n) is 20.2. The minimum atomic E-state index is -1.48. The van der Waals surface area contributed by atoms with E-state index in [9.17, 15) is 20.1 Å².